The van der Waals surface area contributed by atoms with Crippen LogP contribution in [0, 0.1) is 0 Å². The lowest BCUT2D eigenvalue weighted by atomic mass is 9.99. The van der Waals surface area contributed by atoms with Crippen LogP contribution in [0.25, 0.3) is 10.9 Å². The van der Waals surface area contributed by atoms with Gasteiger partial charge in [0.1, 0.15) is 24.4 Å². The van der Waals surface area contributed by atoms with Crippen LogP contribution < -0.4 is 0 Å². The molecule has 3 aromatic rings. The minimum absolute atomic E-state index is 0.0437. The maximum atomic E-state index is 13.2. The molecule has 32 heavy (non-hydrogen) atoms. The van der Waals surface area contributed by atoms with Gasteiger partial charge in [-0.15, -0.1) is 0 Å². The van der Waals surface area contributed by atoms with Gasteiger partial charge in [-0.1, -0.05) is 36.4 Å². The van der Waals surface area contributed by atoms with Gasteiger partial charge in [-0.05, 0) is 30.2 Å². The number of para-hydroxylation sites is 1. The topological polar surface area (TPSA) is 138 Å². The fourth-order valence-electron chi connectivity index (χ4n) is 3.81. The highest BCUT2D eigenvalue weighted by molar-refractivity contribution is 7.90. The van der Waals surface area contributed by atoms with Gasteiger partial charge in [0.25, 0.3) is 10.0 Å². The van der Waals surface area contributed by atoms with E-state index in [9.17, 15) is 28.8 Å². The Morgan fingerprint density at radius 3 is 2.34 bits per heavy atom. The fourth-order valence-corrected chi connectivity index (χ4v) is 5.22. The Bertz CT molecular complexity index is 1160. The summed E-state index contributed by atoms with van der Waals surface area (Å²) in [5.74, 6) is 0. The van der Waals surface area contributed by atoms with Crippen LogP contribution in [0.2, 0.25) is 0 Å². The van der Waals surface area contributed by atoms with Gasteiger partial charge < -0.3 is 29.9 Å². The van der Waals surface area contributed by atoms with Gasteiger partial charge in [0, 0.05) is 11.6 Å². The van der Waals surface area contributed by atoms with Crippen LogP contribution in [0.1, 0.15) is 5.56 Å². The second-order valence-electron chi connectivity index (χ2n) is 7.60. The summed E-state index contributed by atoms with van der Waals surface area (Å²) in [6.07, 6.45) is -4.94. The van der Waals surface area contributed by atoms with Crippen LogP contribution in [-0.4, -0.2) is 76.7 Å². The zero-order valence-corrected chi connectivity index (χ0v) is 17.9. The van der Waals surface area contributed by atoms with Crippen molar-refractivity contribution in [3.8, 4) is 0 Å². The van der Waals surface area contributed by atoms with E-state index in [1.54, 1.807) is 36.5 Å². The summed E-state index contributed by atoms with van der Waals surface area (Å²) in [5, 5.41) is 39.9. The highest BCUT2D eigenvalue weighted by Gasteiger charge is 2.43. The smallest absolute Gasteiger partial charge is 0.268 e. The van der Waals surface area contributed by atoms with Gasteiger partial charge in [0.05, 0.1) is 23.6 Å². The van der Waals surface area contributed by atoms with E-state index in [-0.39, 0.29) is 11.5 Å². The number of rotatable bonds is 7. The summed E-state index contributed by atoms with van der Waals surface area (Å²) in [7, 11) is -3.80. The van der Waals surface area contributed by atoms with E-state index >= 15 is 0 Å². The number of aliphatic hydroxyl groups is 4. The predicted molar refractivity (Wildman–Crippen MR) is 114 cm³/mol. The molecule has 1 fully saturated rings. The molecule has 4 rings (SSSR count). The van der Waals surface area contributed by atoms with E-state index < -0.39 is 47.3 Å². The molecule has 0 saturated carbocycles. The summed E-state index contributed by atoms with van der Waals surface area (Å²) < 4.78 is 38.5. The van der Waals surface area contributed by atoms with Crippen molar-refractivity contribution in [2.24, 2.45) is 0 Å². The molecular weight excluding hydrogens is 438 g/mol. The minimum Gasteiger partial charge on any atom is -0.394 e. The quantitative estimate of drug-likeness (QED) is 0.391. The molecule has 9 nitrogen and oxygen atoms in total. The van der Waals surface area contributed by atoms with Gasteiger partial charge >= 0.3 is 0 Å². The van der Waals surface area contributed by atoms with E-state index in [2.05, 4.69) is 0 Å². The average molecular weight is 464 g/mol. The standard InChI is InChI=1S/C22H25NO8S/c24-13-18-19(25)20(26)21(27)22(31-18)30-11-10-14-12-23(17-9-5-4-8-16(14)17)32(28,29)15-6-2-1-3-7-15/h1-9,12,18-22,24-27H,10-11,13H2/t18-,19-,20+,21-,22-/m0/s1. The Morgan fingerprint density at radius 2 is 1.62 bits per heavy atom. The molecule has 0 bridgehead atoms. The van der Waals surface area contributed by atoms with Crippen molar-refractivity contribution >= 4 is 20.9 Å². The van der Waals surface area contributed by atoms with Gasteiger partial charge in [-0.2, -0.15) is 0 Å². The van der Waals surface area contributed by atoms with Crippen molar-refractivity contribution in [3.05, 3.63) is 66.4 Å². The molecule has 5 atom stereocenters. The SMILES string of the molecule is O=S(=O)(c1ccccc1)n1cc(CCO[C@H]2O[C@@H](CO)[C@H](O)[C@@H](O)[C@@H]2O)c2ccccc21. The first-order chi connectivity index (χ1) is 15.3. The number of fused-ring (bicyclic) bond motifs is 1. The highest BCUT2D eigenvalue weighted by atomic mass is 32.2. The zero-order valence-electron chi connectivity index (χ0n) is 17.1. The Morgan fingerprint density at radius 1 is 0.938 bits per heavy atom. The largest absolute Gasteiger partial charge is 0.394 e. The number of nitrogens with zero attached hydrogens (tertiary/aromatic N) is 1. The summed E-state index contributed by atoms with van der Waals surface area (Å²) in [5.41, 5.74) is 1.24. The van der Waals surface area contributed by atoms with Crippen molar-refractivity contribution in [1.29, 1.82) is 0 Å². The first kappa shape index (κ1) is 22.9. The maximum absolute atomic E-state index is 13.2. The number of aromatic nitrogens is 1. The van der Waals surface area contributed by atoms with Crippen molar-refractivity contribution < 1.29 is 38.3 Å². The van der Waals surface area contributed by atoms with E-state index in [1.165, 1.54) is 16.1 Å². The van der Waals surface area contributed by atoms with E-state index in [4.69, 9.17) is 9.47 Å². The minimum atomic E-state index is -3.80. The highest BCUT2D eigenvalue weighted by Crippen LogP contribution is 2.27. The Hall–Kier alpha value is -2.31. The van der Waals surface area contributed by atoms with Crippen molar-refractivity contribution in [1.82, 2.24) is 3.97 Å². The molecule has 1 aliphatic heterocycles. The van der Waals surface area contributed by atoms with Crippen LogP contribution in [0.3, 0.4) is 0 Å². The Labute approximate surface area is 185 Å². The van der Waals surface area contributed by atoms with Gasteiger partial charge in [0.15, 0.2) is 6.29 Å². The van der Waals surface area contributed by atoms with Gasteiger partial charge in [-0.25, -0.2) is 12.4 Å². The number of benzene rings is 2. The number of aliphatic hydroxyl groups excluding tert-OH is 4. The third-order valence-corrected chi connectivity index (χ3v) is 7.25. The molecule has 1 aromatic heterocycles. The summed E-state index contributed by atoms with van der Waals surface area (Å²) in [6, 6.07) is 15.2. The second kappa shape index (κ2) is 9.28. The molecule has 1 saturated heterocycles. The van der Waals surface area contributed by atoms with Crippen molar-refractivity contribution in [2.45, 2.75) is 42.0 Å². The summed E-state index contributed by atoms with van der Waals surface area (Å²) in [4.78, 5) is 0.171. The molecule has 2 heterocycles. The lowest BCUT2D eigenvalue weighted by Gasteiger charge is -2.39. The molecule has 4 N–H and O–H groups in total. The van der Waals surface area contributed by atoms with Crippen LogP contribution in [-0.2, 0) is 25.9 Å². The first-order valence-electron chi connectivity index (χ1n) is 10.2. The van der Waals surface area contributed by atoms with Crippen molar-refractivity contribution in [3.63, 3.8) is 0 Å². The molecule has 0 amide bonds. The normalized spacial score (nSPS) is 26.4. The second-order valence-corrected chi connectivity index (χ2v) is 9.42. The third kappa shape index (κ3) is 4.18. The predicted octanol–water partition coefficient (Wildman–Crippen LogP) is 0.237. The molecule has 0 aliphatic carbocycles. The van der Waals surface area contributed by atoms with E-state index in [0.717, 1.165) is 5.39 Å². The van der Waals surface area contributed by atoms with Crippen molar-refractivity contribution in [2.75, 3.05) is 13.2 Å². The molecular formula is C22H25NO8S. The lowest BCUT2D eigenvalue weighted by Crippen LogP contribution is -2.59. The molecule has 0 unspecified atom stereocenters. The fraction of sp³-hybridized carbons (Fsp3) is 0.364. The third-order valence-electron chi connectivity index (χ3n) is 5.56. The van der Waals surface area contributed by atoms with E-state index in [0.29, 0.717) is 17.5 Å². The Balaban J connectivity index is 1.55. The van der Waals surface area contributed by atoms with Crippen LogP contribution in [0.15, 0.2) is 65.7 Å². The summed E-state index contributed by atoms with van der Waals surface area (Å²) >= 11 is 0. The lowest BCUT2D eigenvalue weighted by molar-refractivity contribution is -0.300. The van der Waals surface area contributed by atoms with E-state index in [1.807, 2.05) is 12.1 Å². The molecule has 0 spiro atoms. The molecule has 10 heteroatoms. The maximum Gasteiger partial charge on any atom is 0.268 e. The van der Waals surface area contributed by atoms with Gasteiger partial charge in [0.2, 0.25) is 0 Å². The van der Waals surface area contributed by atoms with Crippen LogP contribution in [0.5, 0.6) is 0 Å². The number of hydrogen-bond donors (Lipinski definition) is 4. The summed E-state index contributed by atoms with van der Waals surface area (Å²) in [6.45, 7) is -0.502. The number of hydrogen-bond acceptors (Lipinski definition) is 8. The molecule has 2 aromatic carbocycles. The Kier molecular flexibility index (Phi) is 6.63. The molecule has 172 valence electrons. The van der Waals surface area contributed by atoms with Crippen LogP contribution >= 0.6 is 0 Å². The molecule has 0 radical (unpaired) electrons. The first-order valence-corrected chi connectivity index (χ1v) is 11.6. The van der Waals surface area contributed by atoms with Crippen LogP contribution in [0.4, 0.5) is 0 Å². The average Bonchev–Trinajstić information content (AvgIpc) is 3.19. The van der Waals surface area contributed by atoms with Gasteiger partial charge in [-0.3, -0.25) is 0 Å². The molecule has 1 aliphatic rings. The zero-order chi connectivity index (χ0) is 22.9. The monoisotopic (exact) mass is 463 g/mol. The number of ether oxygens (including phenoxy) is 2.